The standard InChI is InChI=1S/C15H22ClNO3/c1-19-14-7-11(6-13(16)15(14)20-2)9-17-8-10-3-4-12(18)5-10/h6-7,10,12,17-18H,3-5,8-9H2,1-2H3. The molecule has 1 aliphatic rings. The Labute approximate surface area is 125 Å². The van der Waals surface area contributed by atoms with Gasteiger partial charge in [0.1, 0.15) is 0 Å². The van der Waals surface area contributed by atoms with E-state index in [2.05, 4.69) is 5.32 Å². The molecule has 2 N–H and O–H groups in total. The lowest BCUT2D eigenvalue weighted by Crippen LogP contribution is -2.21. The minimum Gasteiger partial charge on any atom is -0.493 e. The van der Waals surface area contributed by atoms with E-state index in [9.17, 15) is 5.11 Å². The highest BCUT2D eigenvalue weighted by Crippen LogP contribution is 2.36. The van der Waals surface area contributed by atoms with Gasteiger partial charge in [-0.25, -0.2) is 0 Å². The number of aliphatic hydroxyl groups excluding tert-OH is 1. The zero-order chi connectivity index (χ0) is 14.5. The van der Waals surface area contributed by atoms with Crippen LogP contribution in [0, 0.1) is 5.92 Å². The summed E-state index contributed by atoms with van der Waals surface area (Å²) in [5.74, 6) is 1.78. The first-order chi connectivity index (χ1) is 9.63. The van der Waals surface area contributed by atoms with Crippen molar-refractivity contribution in [1.82, 2.24) is 5.32 Å². The van der Waals surface area contributed by atoms with E-state index in [0.717, 1.165) is 37.9 Å². The molecule has 0 heterocycles. The predicted octanol–water partition coefficient (Wildman–Crippen LogP) is 2.61. The van der Waals surface area contributed by atoms with Gasteiger partial charge in [0.05, 0.1) is 25.3 Å². The molecule has 0 amide bonds. The van der Waals surface area contributed by atoms with Crippen molar-refractivity contribution >= 4 is 11.6 Å². The summed E-state index contributed by atoms with van der Waals surface area (Å²) in [4.78, 5) is 0. The molecule has 2 atom stereocenters. The molecule has 2 rings (SSSR count). The molecule has 1 aromatic carbocycles. The molecule has 1 fully saturated rings. The van der Waals surface area contributed by atoms with Crippen molar-refractivity contribution in [3.8, 4) is 11.5 Å². The van der Waals surface area contributed by atoms with Gasteiger partial charge in [-0.3, -0.25) is 0 Å². The average Bonchev–Trinajstić information content (AvgIpc) is 2.83. The second-order valence-electron chi connectivity index (χ2n) is 5.28. The number of benzene rings is 1. The molecule has 5 heteroatoms. The van der Waals surface area contributed by atoms with Gasteiger partial charge in [0.25, 0.3) is 0 Å². The van der Waals surface area contributed by atoms with Gasteiger partial charge in [0.15, 0.2) is 11.5 Å². The van der Waals surface area contributed by atoms with Crippen LogP contribution in [0.15, 0.2) is 12.1 Å². The average molecular weight is 300 g/mol. The van der Waals surface area contributed by atoms with E-state index in [1.807, 2.05) is 12.1 Å². The Morgan fingerprint density at radius 3 is 2.70 bits per heavy atom. The molecule has 4 nitrogen and oxygen atoms in total. The number of rotatable bonds is 6. The van der Waals surface area contributed by atoms with E-state index in [0.29, 0.717) is 22.4 Å². The largest absolute Gasteiger partial charge is 0.493 e. The number of ether oxygens (including phenoxy) is 2. The fourth-order valence-corrected chi connectivity index (χ4v) is 3.04. The zero-order valence-corrected chi connectivity index (χ0v) is 12.7. The number of methoxy groups -OCH3 is 2. The Hall–Kier alpha value is -0.970. The minimum absolute atomic E-state index is 0.114. The van der Waals surface area contributed by atoms with E-state index in [4.69, 9.17) is 21.1 Å². The quantitative estimate of drug-likeness (QED) is 0.848. The van der Waals surface area contributed by atoms with E-state index in [1.54, 1.807) is 14.2 Å². The molecule has 1 aliphatic carbocycles. The maximum Gasteiger partial charge on any atom is 0.179 e. The summed E-state index contributed by atoms with van der Waals surface area (Å²) in [6.45, 7) is 1.65. The van der Waals surface area contributed by atoms with Crippen molar-refractivity contribution in [3.63, 3.8) is 0 Å². The monoisotopic (exact) mass is 299 g/mol. The minimum atomic E-state index is -0.114. The van der Waals surface area contributed by atoms with Crippen molar-refractivity contribution in [3.05, 3.63) is 22.7 Å². The highest BCUT2D eigenvalue weighted by molar-refractivity contribution is 6.32. The van der Waals surface area contributed by atoms with E-state index < -0.39 is 0 Å². The lowest BCUT2D eigenvalue weighted by atomic mass is 10.1. The molecule has 0 saturated heterocycles. The van der Waals surface area contributed by atoms with Crippen LogP contribution in [0.1, 0.15) is 24.8 Å². The highest BCUT2D eigenvalue weighted by Gasteiger charge is 2.22. The highest BCUT2D eigenvalue weighted by atomic mass is 35.5. The number of nitrogens with one attached hydrogen (secondary N) is 1. The Balaban J connectivity index is 1.91. The molecule has 1 saturated carbocycles. The third-order valence-electron chi connectivity index (χ3n) is 3.77. The third kappa shape index (κ3) is 3.78. The van der Waals surface area contributed by atoms with Crippen molar-refractivity contribution in [2.75, 3.05) is 20.8 Å². The Bertz CT molecular complexity index is 453. The number of aliphatic hydroxyl groups is 1. The van der Waals surface area contributed by atoms with Crippen LogP contribution in [-0.2, 0) is 6.54 Å². The maximum atomic E-state index is 9.50. The van der Waals surface area contributed by atoms with Crippen LogP contribution in [-0.4, -0.2) is 32.0 Å². The Kier molecular flexibility index (Phi) is 5.52. The topological polar surface area (TPSA) is 50.7 Å². The normalized spacial score (nSPS) is 22.0. The lowest BCUT2D eigenvalue weighted by molar-refractivity contribution is 0.177. The predicted molar refractivity (Wildman–Crippen MR) is 79.6 cm³/mol. The fraction of sp³-hybridized carbons (Fsp3) is 0.600. The van der Waals surface area contributed by atoms with Gasteiger partial charge in [-0.1, -0.05) is 11.6 Å². The van der Waals surface area contributed by atoms with Crippen molar-refractivity contribution in [2.45, 2.75) is 31.9 Å². The second kappa shape index (κ2) is 7.16. The van der Waals surface area contributed by atoms with Crippen LogP contribution in [0.3, 0.4) is 0 Å². The molecule has 0 aromatic heterocycles. The first kappa shape index (κ1) is 15.4. The van der Waals surface area contributed by atoms with Crippen LogP contribution in [0.5, 0.6) is 11.5 Å². The number of hydrogen-bond donors (Lipinski definition) is 2. The summed E-state index contributed by atoms with van der Waals surface area (Å²) >= 11 is 6.17. The maximum absolute atomic E-state index is 9.50. The van der Waals surface area contributed by atoms with Crippen LogP contribution < -0.4 is 14.8 Å². The summed E-state index contributed by atoms with van der Waals surface area (Å²) in [5, 5.41) is 13.5. The SMILES string of the molecule is COc1cc(CNCC2CCC(O)C2)cc(Cl)c1OC. The molecular formula is C15H22ClNO3. The molecule has 0 aliphatic heterocycles. The van der Waals surface area contributed by atoms with Crippen LogP contribution in [0.2, 0.25) is 5.02 Å². The smallest absolute Gasteiger partial charge is 0.179 e. The van der Waals surface area contributed by atoms with Gasteiger partial charge in [0.2, 0.25) is 0 Å². The second-order valence-corrected chi connectivity index (χ2v) is 5.68. The molecule has 0 radical (unpaired) electrons. The van der Waals surface area contributed by atoms with Gasteiger partial charge in [0, 0.05) is 6.54 Å². The van der Waals surface area contributed by atoms with Crippen LogP contribution in [0.25, 0.3) is 0 Å². The Morgan fingerprint density at radius 2 is 2.10 bits per heavy atom. The zero-order valence-electron chi connectivity index (χ0n) is 12.0. The van der Waals surface area contributed by atoms with Gasteiger partial charge in [-0.15, -0.1) is 0 Å². The molecule has 112 valence electrons. The van der Waals surface area contributed by atoms with Gasteiger partial charge < -0.3 is 19.9 Å². The van der Waals surface area contributed by atoms with Gasteiger partial charge in [-0.05, 0) is 49.4 Å². The molecule has 20 heavy (non-hydrogen) atoms. The summed E-state index contributed by atoms with van der Waals surface area (Å²) in [5.41, 5.74) is 1.06. The first-order valence-corrected chi connectivity index (χ1v) is 7.31. The molecule has 2 unspecified atom stereocenters. The summed E-state index contributed by atoms with van der Waals surface area (Å²) in [6, 6.07) is 3.82. The first-order valence-electron chi connectivity index (χ1n) is 6.93. The summed E-state index contributed by atoms with van der Waals surface area (Å²) in [7, 11) is 3.18. The van der Waals surface area contributed by atoms with E-state index in [-0.39, 0.29) is 6.10 Å². The summed E-state index contributed by atoms with van der Waals surface area (Å²) in [6.07, 6.45) is 2.81. The molecule has 0 bridgehead atoms. The lowest BCUT2D eigenvalue weighted by Gasteiger charge is -2.14. The third-order valence-corrected chi connectivity index (χ3v) is 4.05. The Morgan fingerprint density at radius 1 is 1.30 bits per heavy atom. The molecule has 1 aromatic rings. The number of halogens is 1. The van der Waals surface area contributed by atoms with Gasteiger partial charge in [-0.2, -0.15) is 0 Å². The molecule has 0 spiro atoms. The van der Waals surface area contributed by atoms with Crippen LogP contribution in [0.4, 0.5) is 0 Å². The summed E-state index contributed by atoms with van der Waals surface area (Å²) < 4.78 is 10.5. The van der Waals surface area contributed by atoms with Crippen molar-refractivity contribution in [1.29, 1.82) is 0 Å². The molecular weight excluding hydrogens is 278 g/mol. The number of hydrogen-bond acceptors (Lipinski definition) is 4. The van der Waals surface area contributed by atoms with Crippen LogP contribution >= 0.6 is 11.6 Å². The van der Waals surface area contributed by atoms with E-state index in [1.165, 1.54) is 0 Å². The fourth-order valence-electron chi connectivity index (χ4n) is 2.73. The van der Waals surface area contributed by atoms with Gasteiger partial charge >= 0.3 is 0 Å². The van der Waals surface area contributed by atoms with E-state index >= 15 is 0 Å². The van der Waals surface area contributed by atoms with Crippen molar-refractivity contribution in [2.24, 2.45) is 5.92 Å². The van der Waals surface area contributed by atoms with Crippen molar-refractivity contribution < 1.29 is 14.6 Å².